The molecule has 3 aromatic rings. The Morgan fingerprint density at radius 3 is 2.77 bits per heavy atom. The Labute approximate surface area is 153 Å². The number of nitrogens with one attached hydrogen (secondary N) is 1. The first-order chi connectivity index (χ1) is 12.8. The number of para-hydroxylation sites is 1. The van der Waals surface area contributed by atoms with Crippen molar-refractivity contribution in [2.24, 2.45) is 0 Å². The highest BCUT2D eigenvalue weighted by atomic mass is 15.3. The maximum absolute atomic E-state index is 4.98. The van der Waals surface area contributed by atoms with Gasteiger partial charge in [-0.1, -0.05) is 18.2 Å². The summed E-state index contributed by atoms with van der Waals surface area (Å²) in [5, 5.41) is 9.12. The Bertz CT molecular complexity index is 915. The highest BCUT2D eigenvalue weighted by molar-refractivity contribution is 5.78. The molecule has 4 heterocycles. The standard InChI is InChI=1S/C20H24N6/c1-14-18-12-22-19(15-6-5-9-25(13-15)17-10-21-11-17)23-20(18)26(24-14)16-7-3-2-4-8-16/h2-4,7-8,12,15,17,21H,5-6,9-11,13H2,1H3. The molecule has 1 aromatic carbocycles. The molecule has 0 radical (unpaired) electrons. The van der Waals surface area contributed by atoms with Crippen molar-refractivity contribution in [3.05, 3.63) is 48.0 Å². The summed E-state index contributed by atoms with van der Waals surface area (Å²) in [4.78, 5) is 12.3. The summed E-state index contributed by atoms with van der Waals surface area (Å²) in [6.07, 6.45) is 4.35. The normalized spacial score (nSPS) is 21.8. The summed E-state index contributed by atoms with van der Waals surface area (Å²) >= 11 is 0. The minimum absolute atomic E-state index is 0.410. The zero-order valence-corrected chi connectivity index (χ0v) is 15.1. The molecule has 6 heteroatoms. The van der Waals surface area contributed by atoms with E-state index >= 15 is 0 Å². The van der Waals surface area contributed by atoms with Crippen LogP contribution in [0, 0.1) is 6.92 Å². The smallest absolute Gasteiger partial charge is 0.166 e. The number of benzene rings is 1. The molecule has 1 atom stereocenters. The number of hydrogen-bond donors (Lipinski definition) is 1. The van der Waals surface area contributed by atoms with Crippen LogP contribution < -0.4 is 5.32 Å². The Hall–Kier alpha value is -2.31. The molecule has 5 rings (SSSR count). The second-order valence-corrected chi connectivity index (χ2v) is 7.44. The first-order valence-electron chi connectivity index (χ1n) is 9.52. The quantitative estimate of drug-likeness (QED) is 0.787. The van der Waals surface area contributed by atoms with Gasteiger partial charge in [0.1, 0.15) is 5.82 Å². The molecule has 0 bridgehead atoms. The average Bonchev–Trinajstić information content (AvgIpc) is 2.98. The molecule has 0 spiro atoms. The first-order valence-corrected chi connectivity index (χ1v) is 9.52. The predicted molar refractivity (Wildman–Crippen MR) is 102 cm³/mol. The minimum atomic E-state index is 0.410. The molecule has 0 amide bonds. The van der Waals surface area contributed by atoms with Gasteiger partial charge in [0.2, 0.25) is 0 Å². The van der Waals surface area contributed by atoms with Crippen LogP contribution in [0.5, 0.6) is 0 Å². The summed E-state index contributed by atoms with van der Waals surface area (Å²) in [6.45, 7) is 6.53. The van der Waals surface area contributed by atoms with Crippen molar-refractivity contribution in [2.75, 3.05) is 26.2 Å². The van der Waals surface area contributed by atoms with E-state index in [1.165, 1.54) is 19.4 Å². The van der Waals surface area contributed by atoms with E-state index < -0.39 is 0 Å². The van der Waals surface area contributed by atoms with Crippen LogP contribution in [0.25, 0.3) is 16.7 Å². The van der Waals surface area contributed by atoms with Gasteiger partial charge in [0, 0.05) is 37.8 Å². The fourth-order valence-corrected chi connectivity index (χ4v) is 4.08. The molecule has 0 aliphatic carbocycles. The molecule has 2 aromatic heterocycles. The monoisotopic (exact) mass is 348 g/mol. The van der Waals surface area contributed by atoms with Crippen molar-refractivity contribution >= 4 is 11.0 Å². The Kier molecular flexibility index (Phi) is 3.94. The number of likely N-dealkylation sites (tertiary alicyclic amines) is 1. The van der Waals surface area contributed by atoms with Crippen LogP contribution in [0.3, 0.4) is 0 Å². The highest BCUT2D eigenvalue weighted by Gasteiger charge is 2.31. The van der Waals surface area contributed by atoms with Crippen molar-refractivity contribution in [1.82, 2.24) is 30.0 Å². The van der Waals surface area contributed by atoms with Crippen LogP contribution in [0.1, 0.15) is 30.3 Å². The highest BCUT2D eigenvalue weighted by Crippen LogP contribution is 2.28. The lowest BCUT2D eigenvalue weighted by atomic mass is 9.94. The number of piperidine rings is 1. The van der Waals surface area contributed by atoms with Crippen LogP contribution in [-0.4, -0.2) is 56.9 Å². The van der Waals surface area contributed by atoms with Crippen molar-refractivity contribution in [2.45, 2.75) is 31.7 Å². The van der Waals surface area contributed by atoms with Crippen molar-refractivity contribution < 1.29 is 0 Å². The Morgan fingerprint density at radius 2 is 2.00 bits per heavy atom. The lowest BCUT2D eigenvalue weighted by molar-refractivity contribution is 0.108. The summed E-state index contributed by atoms with van der Waals surface area (Å²) in [5.74, 6) is 1.37. The van der Waals surface area contributed by atoms with Gasteiger partial charge >= 0.3 is 0 Å². The van der Waals surface area contributed by atoms with E-state index in [-0.39, 0.29) is 0 Å². The first kappa shape index (κ1) is 15.9. The number of hydrogen-bond acceptors (Lipinski definition) is 5. The van der Waals surface area contributed by atoms with Gasteiger partial charge in [-0.3, -0.25) is 4.90 Å². The lowest BCUT2D eigenvalue weighted by Gasteiger charge is -2.42. The number of fused-ring (bicyclic) bond motifs is 1. The molecule has 1 unspecified atom stereocenters. The Balaban J connectivity index is 1.51. The zero-order valence-electron chi connectivity index (χ0n) is 15.1. The van der Waals surface area contributed by atoms with Crippen molar-refractivity contribution in [3.63, 3.8) is 0 Å². The largest absolute Gasteiger partial charge is 0.314 e. The number of nitrogens with zero attached hydrogens (tertiary/aromatic N) is 5. The van der Waals surface area contributed by atoms with E-state index in [0.717, 1.165) is 47.9 Å². The molecule has 2 aliphatic heterocycles. The van der Waals surface area contributed by atoms with E-state index in [1.807, 2.05) is 36.0 Å². The number of aromatic nitrogens is 4. The lowest BCUT2D eigenvalue weighted by Crippen LogP contribution is -2.59. The van der Waals surface area contributed by atoms with Crippen molar-refractivity contribution in [3.8, 4) is 5.69 Å². The third kappa shape index (κ3) is 2.70. The van der Waals surface area contributed by atoms with Gasteiger partial charge in [-0.2, -0.15) is 5.10 Å². The van der Waals surface area contributed by atoms with Gasteiger partial charge in [-0.25, -0.2) is 14.6 Å². The molecular weight excluding hydrogens is 324 g/mol. The summed E-state index contributed by atoms with van der Waals surface area (Å²) in [5.41, 5.74) is 2.93. The van der Waals surface area contributed by atoms with Crippen LogP contribution in [0.15, 0.2) is 36.5 Å². The van der Waals surface area contributed by atoms with Crippen LogP contribution in [0.2, 0.25) is 0 Å². The SMILES string of the molecule is Cc1nn(-c2ccccc2)c2nc(C3CCCN(C4CNC4)C3)ncc12. The van der Waals surface area contributed by atoms with Crippen LogP contribution in [-0.2, 0) is 0 Å². The molecule has 6 nitrogen and oxygen atoms in total. The van der Waals surface area contributed by atoms with E-state index in [1.54, 1.807) is 0 Å². The molecule has 2 aliphatic rings. The number of rotatable bonds is 3. The van der Waals surface area contributed by atoms with Crippen molar-refractivity contribution in [1.29, 1.82) is 0 Å². The van der Waals surface area contributed by atoms with E-state index in [4.69, 9.17) is 15.1 Å². The zero-order chi connectivity index (χ0) is 17.5. The van der Waals surface area contributed by atoms with Gasteiger partial charge in [0.05, 0.1) is 16.8 Å². The van der Waals surface area contributed by atoms with E-state index in [0.29, 0.717) is 12.0 Å². The van der Waals surface area contributed by atoms with Gasteiger partial charge in [0.25, 0.3) is 0 Å². The molecule has 26 heavy (non-hydrogen) atoms. The minimum Gasteiger partial charge on any atom is -0.314 e. The van der Waals surface area contributed by atoms with Crippen LogP contribution >= 0.6 is 0 Å². The maximum atomic E-state index is 4.98. The van der Waals surface area contributed by atoms with Gasteiger partial charge in [-0.15, -0.1) is 0 Å². The third-order valence-electron chi connectivity index (χ3n) is 5.72. The van der Waals surface area contributed by atoms with Crippen LogP contribution in [0.4, 0.5) is 0 Å². The maximum Gasteiger partial charge on any atom is 0.166 e. The van der Waals surface area contributed by atoms with E-state index in [9.17, 15) is 0 Å². The molecule has 2 fully saturated rings. The second kappa shape index (κ2) is 6.45. The second-order valence-electron chi connectivity index (χ2n) is 7.44. The fraction of sp³-hybridized carbons (Fsp3) is 0.450. The van der Waals surface area contributed by atoms with Gasteiger partial charge < -0.3 is 5.32 Å². The molecular formula is C20H24N6. The molecule has 1 N–H and O–H groups in total. The third-order valence-corrected chi connectivity index (χ3v) is 5.72. The van der Waals surface area contributed by atoms with Gasteiger partial charge in [0.15, 0.2) is 5.65 Å². The summed E-state index contributed by atoms with van der Waals surface area (Å²) < 4.78 is 1.95. The average molecular weight is 348 g/mol. The topological polar surface area (TPSA) is 58.9 Å². The van der Waals surface area contributed by atoms with E-state index in [2.05, 4.69) is 22.3 Å². The number of aryl methyl sites for hydroxylation is 1. The fourth-order valence-electron chi connectivity index (χ4n) is 4.08. The summed E-state index contributed by atoms with van der Waals surface area (Å²) in [6, 6.07) is 10.9. The Morgan fingerprint density at radius 1 is 1.15 bits per heavy atom. The molecule has 0 saturated carbocycles. The molecule has 134 valence electrons. The summed E-state index contributed by atoms with van der Waals surface area (Å²) in [7, 11) is 0. The van der Waals surface area contributed by atoms with Gasteiger partial charge in [-0.05, 0) is 38.4 Å². The predicted octanol–water partition coefficient (Wildman–Crippen LogP) is 2.28. The molecule has 2 saturated heterocycles.